The van der Waals surface area contributed by atoms with E-state index in [1.165, 1.54) is 0 Å². The Balaban J connectivity index is 2.23. The zero-order valence-electron chi connectivity index (χ0n) is 14.0. The lowest BCUT2D eigenvalue weighted by molar-refractivity contribution is 0.0297. The topological polar surface area (TPSA) is 54.7 Å². The molecule has 1 atom stereocenters. The predicted molar refractivity (Wildman–Crippen MR) is 83.3 cm³/mol. The summed E-state index contributed by atoms with van der Waals surface area (Å²) in [5, 5.41) is 3.38. The molecule has 0 aliphatic carbocycles. The van der Waals surface area contributed by atoms with Crippen LogP contribution in [0.25, 0.3) is 0 Å². The van der Waals surface area contributed by atoms with Gasteiger partial charge in [-0.15, -0.1) is 0 Å². The summed E-state index contributed by atoms with van der Waals surface area (Å²) in [6.07, 6.45) is 0.581. The van der Waals surface area contributed by atoms with Crippen LogP contribution >= 0.6 is 0 Å². The molecule has 1 heterocycles. The second-order valence-corrected chi connectivity index (χ2v) is 6.38. The Morgan fingerprint density at radius 3 is 2.62 bits per heavy atom. The Labute approximate surface area is 127 Å². The molecule has 120 valence electrons. The third-order valence-electron chi connectivity index (χ3n) is 3.01. The number of amides is 1. The zero-order chi connectivity index (χ0) is 16.0. The molecule has 0 saturated carbocycles. The molecule has 1 unspecified atom stereocenters. The van der Waals surface area contributed by atoms with Crippen molar-refractivity contribution in [2.24, 2.45) is 0 Å². The summed E-state index contributed by atoms with van der Waals surface area (Å²) in [4.78, 5) is 13.4. The lowest BCUT2D eigenvalue weighted by Crippen LogP contribution is -2.35. The average molecular weight is 296 g/mol. The molecule has 0 bridgehead atoms. The maximum Gasteiger partial charge on any atom is 0.410 e. The number of rotatable bonds is 6. The van der Waals surface area contributed by atoms with Crippen LogP contribution in [-0.4, -0.2) is 36.7 Å². The predicted octanol–water partition coefficient (Wildman–Crippen LogP) is 3.50. The van der Waals surface area contributed by atoms with Crippen molar-refractivity contribution < 1.29 is 13.9 Å². The molecule has 1 rings (SSSR count). The number of hydrogen-bond donors (Lipinski definition) is 1. The van der Waals surface area contributed by atoms with Crippen LogP contribution in [0.2, 0.25) is 0 Å². The van der Waals surface area contributed by atoms with Gasteiger partial charge in [0.15, 0.2) is 0 Å². The average Bonchev–Trinajstić information content (AvgIpc) is 2.78. The fourth-order valence-corrected chi connectivity index (χ4v) is 1.85. The molecule has 1 amide bonds. The van der Waals surface area contributed by atoms with E-state index in [1.807, 2.05) is 39.8 Å². The lowest BCUT2D eigenvalue weighted by atomic mass is 10.2. The van der Waals surface area contributed by atoms with Crippen LogP contribution in [0, 0.1) is 6.92 Å². The van der Waals surface area contributed by atoms with Crippen LogP contribution in [0.3, 0.4) is 0 Å². The molecule has 0 fully saturated rings. The molecule has 0 saturated heterocycles. The molecular weight excluding hydrogens is 268 g/mol. The van der Waals surface area contributed by atoms with E-state index in [0.717, 1.165) is 24.5 Å². The lowest BCUT2D eigenvalue weighted by Gasteiger charge is -2.24. The van der Waals surface area contributed by atoms with Crippen LogP contribution in [0.1, 0.15) is 51.7 Å². The van der Waals surface area contributed by atoms with E-state index >= 15 is 0 Å². The molecule has 0 radical (unpaired) electrons. The van der Waals surface area contributed by atoms with Crippen LogP contribution in [-0.2, 0) is 4.74 Å². The minimum absolute atomic E-state index is 0.172. The summed E-state index contributed by atoms with van der Waals surface area (Å²) in [5.41, 5.74) is -0.449. The van der Waals surface area contributed by atoms with E-state index in [0.29, 0.717) is 6.54 Å². The number of ether oxygens (including phenoxy) is 1. The first-order valence-corrected chi connectivity index (χ1v) is 7.43. The van der Waals surface area contributed by atoms with Gasteiger partial charge in [0.25, 0.3) is 0 Å². The largest absolute Gasteiger partial charge is 0.465 e. The van der Waals surface area contributed by atoms with Crippen molar-refractivity contribution in [1.29, 1.82) is 0 Å². The summed E-state index contributed by atoms with van der Waals surface area (Å²) >= 11 is 0. The molecular formula is C16H28N2O3. The molecule has 21 heavy (non-hydrogen) atoms. The third kappa shape index (κ3) is 6.67. The fraction of sp³-hybridized carbons (Fsp3) is 0.688. The second-order valence-electron chi connectivity index (χ2n) is 6.38. The highest BCUT2D eigenvalue weighted by Crippen LogP contribution is 2.15. The third-order valence-corrected chi connectivity index (χ3v) is 3.01. The van der Waals surface area contributed by atoms with Crippen molar-refractivity contribution in [1.82, 2.24) is 10.2 Å². The van der Waals surface area contributed by atoms with E-state index in [9.17, 15) is 4.79 Å². The monoisotopic (exact) mass is 296 g/mol. The van der Waals surface area contributed by atoms with Crippen molar-refractivity contribution in [2.45, 2.75) is 52.7 Å². The molecule has 1 aromatic heterocycles. The second kappa shape index (κ2) is 7.50. The number of hydrogen-bond acceptors (Lipinski definition) is 4. The van der Waals surface area contributed by atoms with Gasteiger partial charge < -0.3 is 19.4 Å². The number of nitrogens with one attached hydrogen (secondary N) is 1. The Kier molecular flexibility index (Phi) is 6.27. The van der Waals surface area contributed by atoms with Gasteiger partial charge >= 0.3 is 6.09 Å². The van der Waals surface area contributed by atoms with Gasteiger partial charge in [-0.25, -0.2) is 4.79 Å². The number of aryl methyl sites for hydroxylation is 1. The maximum absolute atomic E-state index is 11.8. The summed E-state index contributed by atoms with van der Waals surface area (Å²) < 4.78 is 10.9. The van der Waals surface area contributed by atoms with E-state index < -0.39 is 5.60 Å². The van der Waals surface area contributed by atoms with Crippen molar-refractivity contribution in [3.8, 4) is 0 Å². The van der Waals surface area contributed by atoms with Gasteiger partial charge in [-0.3, -0.25) is 0 Å². The number of furan rings is 1. The highest BCUT2D eigenvalue weighted by atomic mass is 16.6. The minimum atomic E-state index is -0.449. The number of carbonyl (C=O) groups excluding carboxylic acids is 1. The first-order valence-electron chi connectivity index (χ1n) is 7.43. The highest BCUT2D eigenvalue weighted by molar-refractivity contribution is 5.67. The Morgan fingerprint density at radius 2 is 2.10 bits per heavy atom. The first-order chi connectivity index (χ1) is 9.69. The van der Waals surface area contributed by atoms with Crippen LogP contribution in [0.4, 0.5) is 4.79 Å². The minimum Gasteiger partial charge on any atom is -0.465 e. The van der Waals surface area contributed by atoms with Crippen molar-refractivity contribution in [2.75, 3.05) is 20.1 Å². The van der Waals surface area contributed by atoms with Crippen molar-refractivity contribution >= 4 is 6.09 Å². The Hall–Kier alpha value is -1.49. The Bertz CT molecular complexity index is 449. The summed E-state index contributed by atoms with van der Waals surface area (Å²) in [6.45, 7) is 11.1. The molecule has 1 N–H and O–H groups in total. The number of nitrogens with zero attached hydrogens (tertiary/aromatic N) is 1. The van der Waals surface area contributed by atoms with Gasteiger partial charge in [0.1, 0.15) is 17.1 Å². The standard InChI is InChI=1S/C16H28N2O3/c1-12-8-9-14(20-12)13(2)17-10-7-11-18(6)15(19)21-16(3,4)5/h8-9,13,17H,7,10-11H2,1-6H3. The van der Waals surface area contributed by atoms with Gasteiger partial charge in [-0.2, -0.15) is 0 Å². The summed E-state index contributed by atoms with van der Waals surface area (Å²) in [5.74, 6) is 1.86. The summed E-state index contributed by atoms with van der Waals surface area (Å²) in [6, 6.07) is 4.12. The SMILES string of the molecule is Cc1ccc(C(C)NCCCN(C)C(=O)OC(C)(C)C)o1. The van der Waals surface area contributed by atoms with Crippen molar-refractivity contribution in [3.63, 3.8) is 0 Å². The maximum atomic E-state index is 11.8. The zero-order valence-corrected chi connectivity index (χ0v) is 14.0. The molecule has 0 aromatic carbocycles. The molecule has 0 spiro atoms. The van der Waals surface area contributed by atoms with E-state index in [1.54, 1.807) is 11.9 Å². The van der Waals surface area contributed by atoms with Gasteiger partial charge in [0.05, 0.1) is 6.04 Å². The number of carbonyl (C=O) groups is 1. The van der Waals surface area contributed by atoms with E-state index in [2.05, 4.69) is 12.2 Å². The Morgan fingerprint density at radius 1 is 1.43 bits per heavy atom. The molecule has 0 aliphatic heterocycles. The molecule has 0 aliphatic rings. The first kappa shape index (κ1) is 17.6. The van der Waals surface area contributed by atoms with Crippen molar-refractivity contribution in [3.05, 3.63) is 23.7 Å². The smallest absolute Gasteiger partial charge is 0.410 e. The van der Waals surface area contributed by atoms with Gasteiger partial charge in [-0.1, -0.05) is 0 Å². The van der Waals surface area contributed by atoms with Crippen LogP contribution in [0.5, 0.6) is 0 Å². The molecule has 5 nitrogen and oxygen atoms in total. The molecule has 5 heteroatoms. The van der Waals surface area contributed by atoms with Gasteiger partial charge in [0, 0.05) is 13.6 Å². The normalized spacial score (nSPS) is 13.0. The van der Waals surface area contributed by atoms with Gasteiger partial charge in [-0.05, 0) is 59.7 Å². The van der Waals surface area contributed by atoms with E-state index in [4.69, 9.17) is 9.15 Å². The summed E-state index contributed by atoms with van der Waals surface area (Å²) in [7, 11) is 1.76. The highest BCUT2D eigenvalue weighted by Gasteiger charge is 2.19. The van der Waals surface area contributed by atoms with Gasteiger partial charge in [0.2, 0.25) is 0 Å². The van der Waals surface area contributed by atoms with E-state index in [-0.39, 0.29) is 12.1 Å². The van der Waals surface area contributed by atoms with Crippen LogP contribution in [0.15, 0.2) is 16.5 Å². The quantitative estimate of drug-likeness (QED) is 0.816. The van der Waals surface area contributed by atoms with Crippen LogP contribution < -0.4 is 5.32 Å². The molecule has 1 aromatic rings. The fourth-order valence-electron chi connectivity index (χ4n) is 1.85.